The topological polar surface area (TPSA) is 124 Å². The Bertz CT molecular complexity index is 1250. The lowest BCUT2D eigenvalue weighted by atomic mass is 9.44. The van der Waals surface area contributed by atoms with Crippen LogP contribution in [0.25, 0.3) is 0 Å². The predicted octanol–water partition coefficient (Wildman–Crippen LogP) is 7.58. The van der Waals surface area contributed by atoms with Crippen LogP contribution in [0.5, 0.6) is 0 Å². The largest absolute Gasteiger partial charge is 0.463 e. The van der Waals surface area contributed by atoms with Crippen LogP contribution in [0.4, 0.5) is 0 Å². The average molecular weight is 719 g/mol. The van der Waals surface area contributed by atoms with Crippen molar-refractivity contribution in [2.24, 2.45) is 52.3 Å². The van der Waals surface area contributed by atoms with Crippen LogP contribution in [0.15, 0.2) is 0 Å². The molecule has 1 aliphatic heterocycles. The Labute approximate surface area is 306 Å². The van der Waals surface area contributed by atoms with E-state index in [0.29, 0.717) is 11.3 Å². The third kappa shape index (κ3) is 8.79. The zero-order valence-corrected chi connectivity index (χ0v) is 32.8. The highest BCUT2D eigenvalue weighted by molar-refractivity contribution is 5.68. The third-order valence-corrected chi connectivity index (χ3v) is 14.1. The van der Waals surface area contributed by atoms with E-state index in [9.17, 15) is 19.2 Å². The second-order valence-electron chi connectivity index (χ2n) is 17.8. The van der Waals surface area contributed by atoms with Crippen molar-refractivity contribution in [1.82, 2.24) is 0 Å². The van der Waals surface area contributed by atoms with Gasteiger partial charge < -0.3 is 28.4 Å². The highest BCUT2D eigenvalue weighted by Gasteiger charge is 2.61. The summed E-state index contributed by atoms with van der Waals surface area (Å²) in [5, 5.41) is 0. The van der Waals surface area contributed by atoms with E-state index in [1.54, 1.807) is 0 Å². The summed E-state index contributed by atoms with van der Waals surface area (Å²) in [6, 6.07) is 0. The van der Waals surface area contributed by atoms with Crippen molar-refractivity contribution in [3.8, 4) is 0 Å². The van der Waals surface area contributed by atoms with E-state index in [1.165, 1.54) is 85.5 Å². The molecule has 0 aromatic carbocycles. The SMILES string of the molecule is CC(=O)OC[C@@H]1O[C@H](O[C@@H]2CC[C@]3(C)[C@@H](CC[C@H]4[C@@H]3CC[C@]3(C)[C@@H]([C@@H](C)CCCC(C)C)CC[C@@H]43)C2)[C@H](OC(C)=O)[C@@H](OC(C)=O)[C@@H]1OC(C)=O. The van der Waals surface area contributed by atoms with Gasteiger partial charge in [0.05, 0.1) is 6.10 Å². The van der Waals surface area contributed by atoms with E-state index in [1.807, 2.05) is 0 Å². The molecule has 0 aromatic heterocycles. The van der Waals surface area contributed by atoms with Gasteiger partial charge in [-0.15, -0.1) is 0 Å². The lowest BCUT2D eigenvalue weighted by Gasteiger charge is -2.61. The monoisotopic (exact) mass is 718 g/mol. The van der Waals surface area contributed by atoms with Crippen LogP contribution in [-0.4, -0.2) is 67.3 Å². The van der Waals surface area contributed by atoms with Crippen molar-refractivity contribution in [3.05, 3.63) is 0 Å². The van der Waals surface area contributed by atoms with Gasteiger partial charge in [0.2, 0.25) is 0 Å². The first kappa shape index (κ1) is 40.0. The van der Waals surface area contributed by atoms with E-state index in [0.717, 1.165) is 54.8 Å². The van der Waals surface area contributed by atoms with Gasteiger partial charge >= 0.3 is 23.9 Å². The fraction of sp³-hybridized carbons (Fsp3) is 0.902. The minimum atomic E-state index is -1.22. The zero-order valence-electron chi connectivity index (χ0n) is 32.8. The first-order valence-corrected chi connectivity index (χ1v) is 20.0. The average Bonchev–Trinajstić information content (AvgIpc) is 3.39. The molecule has 51 heavy (non-hydrogen) atoms. The summed E-state index contributed by atoms with van der Waals surface area (Å²) in [6.45, 7) is 17.1. The first-order chi connectivity index (χ1) is 24.0. The summed E-state index contributed by atoms with van der Waals surface area (Å²) in [5.41, 5.74) is 0.698. The van der Waals surface area contributed by atoms with Crippen LogP contribution in [0.2, 0.25) is 0 Å². The molecule has 0 spiro atoms. The molecule has 10 heteroatoms. The molecule has 290 valence electrons. The minimum Gasteiger partial charge on any atom is -0.463 e. The summed E-state index contributed by atoms with van der Waals surface area (Å²) >= 11 is 0. The number of carbonyl (C=O) groups is 4. The van der Waals surface area contributed by atoms with Crippen LogP contribution < -0.4 is 0 Å². The number of hydrogen-bond acceptors (Lipinski definition) is 10. The minimum absolute atomic E-state index is 0.170. The van der Waals surface area contributed by atoms with Gasteiger partial charge in [-0.3, -0.25) is 19.2 Å². The second kappa shape index (κ2) is 16.4. The van der Waals surface area contributed by atoms with Crippen molar-refractivity contribution in [3.63, 3.8) is 0 Å². The normalized spacial score (nSPS) is 41.0. The summed E-state index contributed by atoms with van der Waals surface area (Å²) in [7, 11) is 0. The number of rotatable bonds is 12. The maximum atomic E-state index is 12.3. The fourth-order valence-corrected chi connectivity index (χ4v) is 11.9. The molecule has 0 unspecified atom stereocenters. The van der Waals surface area contributed by atoms with Gasteiger partial charge in [0.1, 0.15) is 12.7 Å². The summed E-state index contributed by atoms with van der Waals surface area (Å²) in [5.74, 6) is 2.78. The van der Waals surface area contributed by atoms with E-state index in [-0.39, 0.29) is 18.1 Å². The van der Waals surface area contributed by atoms with Crippen LogP contribution in [-0.2, 0) is 47.6 Å². The van der Waals surface area contributed by atoms with E-state index < -0.39 is 54.6 Å². The Morgan fingerprint density at radius 2 is 1.33 bits per heavy atom. The Kier molecular flexibility index (Phi) is 12.9. The van der Waals surface area contributed by atoms with Gasteiger partial charge in [0.25, 0.3) is 0 Å². The number of esters is 4. The third-order valence-electron chi connectivity index (χ3n) is 14.1. The van der Waals surface area contributed by atoms with Crippen molar-refractivity contribution in [2.45, 2.75) is 176 Å². The number of ether oxygens (including phenoxy) is 6. The zero-order chi connectivity index (χ0) is 37.2. The molecule has 5 fully saturated rings. The Morgan fingerprint density at radius 3 is 1.98 bits per heavy atom. The summed E-state index contributed by atoms with van der Waals surface area (Å²) < 4.78 is 35.1. The summed E-state index contributed by atoms with van der Waals surface area (Å²) in [6.07, 6.45) is 8.77. The van der Waals surface area contributed by atoms with Crippen LogP contribution in [0, 0.1) is 52.3 Å². The Morgan fingerprint density at radius 1 is 0.706 bits per heavy atom. The van der Waals surface area contributed by atoms with E-state index in [4.69, 9.17) is 28.4 Å². The molecule has 5 rings (SSSR count). The Balaban J connectivity index is 1.29. The van der Waals surface area contributed by atoms with Crippen LogP contribution >= 0.6 is 0 Å². The number of carbonyl (C=O) groups excluding carboxylic acids is 4. The molecule has 0 amide bonds. The maximum absolute atomic E-state index is 12.3. The molecule has 1 saturated heterocycles. The second-order valence-corrected chi connectivity index (χ2v) is 17.8. The lowest BCUT2D eigenvalue weighted by Crippen LogP contribution is -2.63. The molecule has 4 aliphatic carbocycles. The molecule has 14 atom stereocenters. The van der Waals surface area contributed by atoms with Gasteiger partial charge in [-0.25, -0.2) is 0 Å². The first-order valence-electron chi connectivity index (χ1n) is 20.0. The molecule has 0 N–H and O–H groups in total. The van der Waals surface area contributed by atoms with Crippen LogP contribution in [0.3, 0.4) is 0 Å². The van der Waals surface area contributed by atoms with Gasteiger partial charge in [-0.05, 0) is 110 Å². The van der Waals surface area contributed by atoms with Gasteiger partial charge in [0, 0.05) is 27.7 Å². The van der Waals surface area contributed by atoms with Crippen molar-refractivity contribution < 1.29 is 47.6 Å². The van der Waals surface area contributed by atoms with Crippen molar-refractivity contribution in [2.75, 3.05) is 6.61 Å². The van der Waals surface area contributed by atoms with Crippen molar-refractivity contribution >= 4 is 23.9 Å². The molecular weight excluding hydrogens is 652 g/mol. The molecule has 0 bridgehead atoms. The molecular formula is C41H66O10. The molecule has 0 radical (unpaired) electrons. The number of fused-ring (bicyclic) bond motifs is 5. The molecule has 10 nitrogen and oxygen atoms in total. The molecule has 1 heterocycles. The van der Waals surface area contributed by atoms with Gasteiger partial charge in [-0.1, -0.05) is 53.9 Å². The maximum Gasteiger partial charge on any atom is 0.303 e. The number of hydrogen-bond donors (Lipinski definition) is 0. The standard InChI is InChI=1S/C41H66O10/c1-23(2)11-10-12-24(3)32-15-16-33-31-14-13-29-21-30(17-19-40(29,8)34(31)18-20-41(32,33)9)50-39-38(49-28(7)45)37(48-27(6)44)36(47-26(5)43)35(51-39)22-46-25(4)42/h23-24,29-39H,10-22H2,1-9H3/t24-,29-,30+,31+,32+,33-,34-,35-,36+,37-,38+,39-,40+,41+/m0/s1. The Hall–Kier alpha value is -2.20. The van der Waals surface area contributed by atoms with Crippen molar-refractivity contribution in [1.29, 1.82) is 0 Å². The van der Waals surface area contributed by atoms with Gasteiger partial charge in [-0.2, -0.15) is 0 Å². The van der Waals surface area contributed by atoms with E-state index in [2.05, 4.69) is 34.6 Å². The lowest BCUT2D eigenvalue weighted by molar-refractivity contribution is -0.321. The van der Waals surface area contributed by atoms with E-state index >= 15 is 0 Å². The predicted molar refractivity (Wildman–Crippen MR) is 190 cm³/mol. The smallest absolute Gasteiger partial charge is 0.303 e. The van der Waals surface area contributed by atoms with Crippen LogP contribution in [0.1, 0.15) is 139 Å². The molecule has 4 saturated carbocycles. The fourth-order valence-electron chi connectivity index (χ4n) is 11.9. The highest BCUT2D eigenvalue weighted by Crippen LogP contribution is 2.68. The highest BCUT2D eigenvalue weighted by atomic mass is 16.7. The molecule has 5 aliphatic rings. The molecule has 0 aromatic rings. The summed E-state index contributed by atoms with van der Waals surface area (Å²) in [4.78, 5) is 48.5. The quantitative estimate of drug-likeness (QED) is 0.113. The van der Waals surface area contributed by atoms with Gasteiger partial charge in [0.15, 0.2) is 24.6 Å².